The van der Waals surface area contributed by atoms with Crippen molar-refractivity contribution in [1.82, 2.24) is 5.32 Å². The molecular formula is C16H16Cl2FNO2. The molecule has 0 saturated heterocycles. The summed E-state index contributed by atoms with van der Waals surface area (Å²) < 4.78 is 24.8. The van der Waals surface area contributed by atoms with E-state index in [-0.39, 0.29) is 5.02 Å². The Balaban J connectivity index is 2.45. The number of ether oxygens (including phenoxy) is 2. The van der Waals surface area contributed by atoms with Crippen molar-refractivity contribution in [1.29, 1.82) is 0 Å². The number of hydrogen-bond donors (Lipinski definition) is 1. The van der Waals surface area contributed by atoms with Crippen LogP contribution in [0.2, 0.25) is 10.0 Å². The summed E-state index contributed by atoms with van der Waals surface area (Å²) in [6.07, 6.45) is 0. The average Bonchev–Trinajstić information content (AvgIpc) is 2.48. The molecule has 118 valence electrons. The van der Waals surface area contributed by atoms with Crippen LogP contribution in [-0.4, -0.2) is 14.2 Å². The zero-order valence-corrected chi connectivity index (χ0v) is 14.0. The van der Waals surface area contributed by atoms with Crippen LogP contribution < -0.4 is 14.8 Å². The Morgan fingerprint density at radius 2 is 1.86 bits per heavy atom. The smallest absolute Gasteiger partial charge is 0.144 e. The number of halogens is 3. The Bertz CT molecular complexity index is 692. The van der Waals surface area contributed by atoms with Gasteiger partial charge < -0.3 is 14.8 Å². The molecule has 0 unspecified atom stereocenters. The summed E-state index contributed by atoms with van der Waals surface area (Å²) >= 11 is 11.9. The van der Waals surface area contributed by atoms with Crippen LogP contribution in [0.5, 0.6) is 17.2 Å². The molecule has 0 amide bonds. The van der Waals surface area contributed by atoms with E-state index in [0.717, 1.165) is 5.56 Å². The molecule has 0 aliphatic rings. The third-order valence-electron chi connectivity index (χ3n) is 3.20. The van der Waals surface area contributed by atoms with Crippen LogP contribution in [0.3, 0.4) is 0 Å². The first-order chi connectivity index (χ1) is 10.5. The first kappa shape index (κ1) is 16.9. The highest BCUT2D eigenvalue weighted by molar-refractivity contribution is 6.32. The zero-order valence-electron chi connectivity index (χ0n) is 12.5. The highest BCUT2D eigenvalue weighted by atomic mass is 35.5. The van der Waals surface area contributed by atoms with Crippen molar-refractivity contribution < 1.29 is 13.9 Å². The molecule has 2 aromatic carbocycles. The molecule has 0 bridgehead atoms. The minimum Gasteiger partial charge on any atom is -0.495 e. The first-order valence-corrected chi connectivity index (χ1v) is 7.37. The van der Waals surface area contributed by atoms with Crippen molar-refractivity contribution in [3.8, 4) is 17.2 Å². The highest BCUT2D eigenvalue weighted by Crippen LogP contribution is 2.38. The van der Waals surface area contributed by atoms with E-state index < -0.39 is 5.82 Å². The minimum absolute atomic E-state index is 0.00781. The van der Waals surface area contributed by atoms with Crippen molar-refractivity contribution in [2.24, 2.45) is 0 Å². The Hall–Kier alpha value is -1.49. The maximum atomic E-state index is 13.6. The van der Waals surface area contributed by atoms with Crippen LogP contribution in [0.4, 0.5) is 4.39 Å². The fourth-order valence-electron chi connectivity index (χ4n) is 2.11. The molecule has 6 heteroatoms. The predicted molar refractivity (Wildman–Crippen MR) is 87.0 cm³/mol. The second kappa shape index (κ2) is 7.18. The first-order valence-electron chi connectivity index (χ1n) is 6.61. The zero-order chi connectivity index (χ0) is 16.3. The van der Waals surface area contributed by atoms with Gasteiger partial charge in [-0.15, -0.1) is 0 Å². The monoisotopic (exact) mass is 343 g/mol. The SMILES string of the molecule is CNCc1cc(F)c(Cl)cc1Oc1ccc(Cl)c(OC)c1C. The quantitative estimate of drug-likeness (QED) is 0.831. The molecule has 0 atom stereocenters. The minimum atomic E-state index is -0.482. The summed E-state index contributed by atoms with van der Waals surface area (Å²) in [7, 11) is 3.31. The Morgan fingerprint density at radius 3 is 2.50 bits per heavy atom. The van der Waals surface area contributed by atoms with E-state index in [1.165, 1.54) is 12.1 Å². The van der Waals surface area contributed by atoms with Crippen molar-refractivity contribution in [3.05, 3.63) is 51.3 Å². The van der Waals surface area contributed by atoms with E-state index in [1.54, 1.807) is 26.3 Å². The normalized spacial score (nSPS) is 10.6. The fraction of sp³-hybridized carbons (Fsp3) is 0.250. The molecule has 0 saturated carbocycles. The van der Waals surface area contributed by atoms with Crippen LogP contribution in [-0.2, 0) is 6.54 Å². The molecule has 0 spiro atoms. The van der Waals surface area contributed by atoms with Gasteiger partial charge in [0.05, 0.1) is 17.2 Å². The largest absolute Gasteiger partial charge is 0.495 e. The number of nitrogens with one attached hydrogen (secondary N) is 1. The summed E-state index contributed by atoms with van der Waals surface area (Å²) in [5.41, 5.74) is 1.42. The van der Waals surface area contributed by atoms with E-state index in [9.17, 15) is 4.39 Å². The molecule has 22 heavy (non-hydrogen) atoms. The lowest BCUT2D eigenvalue weighted by Gasteiger charge is -2.16. The third-order valence-corrected chi connectivity index (χ3v) is 3.79. The maximum absolute atomic E-state index is 13.6. The van der Waals surface area contributed by atoms with Crippen molar-refractivity contribution in [2.45, 2.75) is 13.5 Å². The van der Waals surface area contributed by atoms with Gasteiger partial charge in [-0.25, -0.2) is 4.39 Å². The van der Waals surface area contributed by atoms with Crippen molar-refractivity contribution >= 4 is 23.2 Å². The fourth-order valence-corrected chi connectivity index (χ4v) is 2.55. The van der Waals surface area contributed by atoms with Crippen LogP contribution in [0.1, 0.15) is 11.1 Å². The van der Waals surface area contributed by atoms with Crippen LogP contribution in [0.15, 0.2) is 24.3 Å². The molecule has 1 N–H and O–H groups in total. The lowest BCUT2D eigenvalue weighted by atomic mass is 10.1. The molecule has 0 aromatic heterocycles. The van der Waals surface area contributed by atoms with Gasteiger partial charge >= 0.3 is 0 Å². The topological polar surface area (TPSA) is 30.5 Å². The number of rotatable bonds is 5. The van der Waals surface area contributed by atoms with Gasteiger partial charge in [0.2, 0.25) is 0 Å². The molecule has 0 aliphatic heterocycles. The summed E-state index contributed by atoms with van der Waals surface area (Å²) in [5.74, 6) is 1.11. The standard InChI is InChI=1S/C16H16Cl2FNO2/c1-9-14(5-4-11(17)16(9)21-3)22-15-7-12(18)13(19)6-10(15)8-20-2/h4-7,20H,8H2,1-3H3. The molecule has 0 fully saturated rings. The van der Waals surface area contributed by atoms with E-state index >= 15 is 0 Å². The lowest BCUT2D eigenvalue weighted by Crippen LogP contribution is -2.07. The second-order valence-electron chi connectivity index (χ2n) is 4.71. The molecule has 3 nitrogen and oxygen atoms in total. The van der Waals surface area contributed by atoms with Crippen molar-refractivity contribution in [2.75, 3.05) is 14.2 Å². The van der Waals surface area contributed by atoms with Crippen LogP contribution >= 0.6 is 23.2 Å². The Kier molecular flexibility index (Phi) is 5.51. The molecule has 0 heterocycles. The Labute approximate surface area is 138 Å². The molecule has 0 radical (unpaired) electrons. The summed E-state index contributed by atoms with van der Waals surface area (Å²) in [6, 6.07) is 6.24. The van der Waals surface area contributed by atoms with Gasteiger partial charge in [0.1, 0.15) is 23.1 Å². The van der Waals surface area contributed by atoms with Gasteiger partial charge in [0.25, 0.3) is 0 Å². The average molecular weight is 344 g/mol. The van der Waals surface area contributed by atoms with Gasteiger partial charge in [-0.05, 0) is 32.2 Å². The van der Waals surface area contributed by atoms with Crippen molar-refractivity contribution in [3.63, 3.8) is 0 Å². The summed E-state index contributed by atoms with van der Waals surface area (Å²) in [6.45, 7) is 2.29. The number of benzene rings is 2. The van der Waals surface area contributed by atoms with E-state index in [1.807, 2.05) is 6.92 Å². The van der Waals surface area contributed by atoms with Crippen LogP contribution in [0, 0.1) is 12.7 Å². The van der Waals surface area contributed by atoms with E-state index in [0.29, 0.717) is 34.4 Å². The van der Waals surface area contributed by atoms with Gasteiger partial charge in [-0.1, -0.05) is 23.2 Å². The molecule has 0 aliphatic carbocycles. The molecule has 2 aromatic rings. The van der Waals surface area contributed by atoms with Gasteiger partial charge in [-0.3, -0.25) is 0 Å². The molecular weight excluding hydrogens is 328 g/mol. The third kappa shape index (κ3) is 3.46. The van der Waals surface area contributed by atoms with E-state index in [2.05, 4.69) is 5.32 Å². The number of hydrogen-bond acceptors (Lipinski definition) is 3. The van der Waals surface area contributed by atoms with E-state index in [4.69, 9.17) is 32.7 Å². The summed E-state index contributed by atoms with van der Waals surface area (Å²) in [5, 5.41) is 3.48. The van der Waals surface area contributed by atoms with Gasteiger partial charge in [-0.2, -0.15) is 0 Å². The number of methoxy groups -OCH3 is 1. The molecule has 2 rings (SSSR count). The predicted octanol–water partition coefficient (Wildman–Crippen LogP) is 4.96. The van der Waals surface area contributed by atoms with Gasteiger partial charge in [0, 0.05) is 23.7 Å². The van der Waals surface area contributed by atoms with Gasteiger partial charge in [0.15, 0.2) is 0 Å². The Morgan fingerprint density at radius 1 is 1.14 bits per heavy atom. The summed E-state index contributed by atoms with van der Waals surface area (Å²) in [4.78, 5) is 0. The van der Waals surface area contributed by atoms with Crippen LogP contribution in [0.25, 0.3) is 0 Å². The highest BCUT2D eigenvalue weighted by Gasteiger charge is 2.14. The lowest BCUT2D eigenvalue weighted by molar-refractivity contribution is 0.404. The maximum Gasteiger partial charge on any atom is 0.144 e. The second-order valence-corrected chi connectivity index (χ2v) is 5.52.